The van der Waals surface area contributed by atoms with Crippen LogP contribution in [0.4, 0.5) is 0 Å². The van der Waals surface area contributed by atoms with E-state index in [2.05, 4.69) is 0 Å². The summed E-state index contributed by atoms with van der Waals surface area (Å²) in [6.07, 6.45) is 0. The van der Waals surface area contributed by atoms with Crippen molar-refractivity contribution >= 4 is 19.4 Å². The maximum Gasteiger partial charge on any atom is 1.00 e. The summed E-state index contributed by atoms with van der Waals surface area (Å²) in [4.78, 5) is 10.1. The maximum atomic E-state index is 11.2. The SMILES string of the molecule is Cc1cc([O-])ccc1O[P+](O)([S-])Oc1ccc(O)cc1C.[Na+]. The Kier molecular flexibility index (Phi) is 6.86. The molecule has 0 heterocycles. The molecule has 22 heavy (non-hydrogen) atoms. The van der Waals surface area contributed by atoms with Crippen LogP contribution in [0, 0.1) is 13.8 Å². The second-order valence-corrected chi connectivity index (χ2v) is 7.21. The molecule has 0 aliphatic heterocycles. The molecule has 112 valence electrons. The van der Waals surface area contributed by atoms with Gasteiger partial charge in [-0.15, -0.1) is 5.75 Å². The third-order valence-electron chi connectivity index (χ3n) is 2.73. The van der Waals surface area contributed by atoms with E-state index in [0.29, 0.717) is 22.6 Å². The molecule has 0 aromatic heterocycles. The molecule has 8 heteroatoms. The first-order valence-electron chi connectivity index (χ1n) is 6.06. The molecule has 0 saturated carbocycles. The third-order valence-corrected chi connectivity index (χ3v) is 4.03. The normalized spacial score (nSPS) is 12.9. The maximum absolute atomic E-state index is 11.2. The average molecular weight is 348 g/mol. The molecule has 1 unspecified atom stereocenters. The molecule has 2 N–H and O–H groups in total. The van der Waals surface area contributed by atoms with Crippen LogP contribution in [-0.2, 0) is 12.2 Å². The van der Waals surface area contributed by atoms with Crippen molar-refractivity contribution in [3.8, 4) is 23.0 Å². The van der Waals surface area contributed by atoms with Crippen LogP contribution in [0.1, 0.15) is 11.1 Å². The molecule has 0 aliphatic rings. The van der Waals surface area contributed by atoms with Gasteiger partial charge in [0.15, 0.2) is 11.5 Å². The van der Waals surface area contributed by atoms with E-state index < -0.39 is 7.15 Å². The Balaban J connectivity index is 0.00000242. The van der Waals surface area contributed by atoms with Crippen molar-refractivity contribution in [1.29, 1.82) is 0 Å². The monoisotopic (exact) mass is 348 g/mol. The zero-order chi connectivity index (χ0) is 15.6. The van der Waals surface area contributed by atoms with Gasteiger partial charge < -0.3 is 31.5 Å². The predicted molar refractivity (Wildman–Crippen MR) is 81.2 cm³/mol. The molecule has 2 aromatic carbocycles. The summed E-state index contributed by atoms with van der Waals surface area (Å²) in [5, 5.41) is 20.5. The number of hydrogen-bond donors (Lipinski definition) is 2. The van der Waals surface area contributed by atoms with Crippen LogP contribution >= 0.6 is 7.15 Å². The van der Waals surface area contributed by atoms with Crippen LogP contribution in [0.25, 0.3) is 0 Å². The van der Waals surface area contributed by atoms with Crippen LogP contribution < -0.4 is 43.7 Å². The number of benzene rings is 2. The number of rotatable bonds is 4. The predicted octanol–water partition coefficient (Wildman–Crippen LogP) is -0.239. The van der Waals surface area contributed by atoms with Crippen molar-refractivity contribution in [2.45, 2.75) is 13.8 Å². The average Bonchev–Trinajstić information content (AvgIpc) is 2.36. The first-order valence-corrected chi connectivity index (χ1v) is 8.65. The Morgan fingerprint density at radius 3 is 2.00 bits per heavy atom. The second kappa shape index (κ2) is 7.77. The quantitative estimate of drug-likeness (QED) is 0.451. The van der Waals surface area contributed by atoms with Crippen molar-refractivity contribution < 1.29 is 53.7 Å². The van der Waals surface area contributed by atoms with Gasteiger partial charge in [0, 0.05) is 5.56 Å². The van der Waals surface area contributed by atoms with Gasteiger partial charge in [0.05, 0.1) is 0 Å². The number of hydrogen-bond acceptors (Lipinski definition) is 6. The summed E-state index contributed by atoms with van der Waals surface area (Å²) in [7, 11) is -3.57. The molecule has 5 nitrogen and oxygen atoms in total. The largest absolute Gasteiger partial charge is 1.00 e. The zero-order valence-electron chi connectivity index (χ0n) is 12.4. The Morgan fingerprint density at radius 1 is 1.00 bits per heavy atom. The minimum Gasteiger partial charge on any atom is -0.872 e. The topological polar surface area (TPSA) is 82.0 Å². The molecular formula is C14H14NaO5PS. The molecule has 0 spiro atoms. The molecule has 0 saturated heterocycles. The molecular weight excluding hydrogens is 334 g/mol. The van der Waals surface area contributed by atoms with E-state index in [1.165, 1.54) is 36.4 Å². The van der Waals surface area contributed by atoms with E-state index >= 15 is 0 Å². The molecule has 0 aliphatic carbocycles. The zero-order valence-corrected chi connectivity index (χ0v) is 16.1. The van der Waals surface area contributed by atoms with Gasteiger partial charge in [-0.3, -0.25) is 0 Å². The first kappa shape index (κ1) is 19.4. The Labute approximate surface area is 156 Å². The number of aromatic hydroxyl groups is 1. The molecule has 1 atom stereocenters. The summed E-state index contributed by atoms with van der Waals surface area (Å²) in [5.74, 6) is 0.573. The molecule has 0 fully saturated rings. The van der Waals surface area contributed by atoms with Crippen LogP contribution in [0.2, 0.25) is 0 Å². The Morgan fingerprint density at radius 2 is 1.50 bits per heavy atom. The summed E-state index contributed by atoms with van der Waals surface area (Å²) in [5.41, 5.74) is 1.19. The fraction of sp³-hybridized carbons (Fsp3) is 0.143. The van der Waals surface area contributed by atoms with Crippen LogP contribution in [0.3, 0.4) is 0 Å². The van der Waals surface area contributed by atoms with E-state index in [1.54, 1.807) is 13.8 Å². The molecule has 0 amide bonds. The van der Waals surface area contributed by atoms with Gasteiger partial charge >= 0.3 is 36.7 Å². The van der Waals surface area contributed by atoms with E-state index in [-0.39, 0.29) is 41.1 Å². The Hall–Kier alpha value is -0.620. The van der Waals surface area contributed by atoms with Crippen molar-refractivity contribution in [3.63, 3.8) is 0 Å². The summed E-state index contributed by atoms with van der Waals surface area (Å²) >= 11 is 4.97. The first-order chi connectivity index (χ1) is 9.77. The third kappa shape index (κ3) is 5.23. The van der Waals surface area contributed by atoms with Crippen LogP contribution in [0.15, 0.2) is 36.4 Å². The van der Waals surface area contributed by atoms with E-state index in [0.717, 1.165) is 0 Å². The van der Waals surface area contributed by atoms with Crippen molar-refractivity contribution in [2.24, 2.45) is 0 Å². The van der Waals surface area contributed by atoms with E-state index in [4.69, 9.17) is 21.3 Å². The Bertz CT molecular complexity index is 610. The molecule has 2 aromatic rings. The standard InChI is InChI=1S/C14H15O5PS.Na/c1-9-7-11(15)3-5-13(9)18-20(17,21)19-14-6-4-12(16)8-10(14)2;/h3-8,15-16H,1-2H3,(H,17,21);/q;+1/p-1. The van der Waals surface area contributed by atoms with Crippen molar-refractivity contribution in [2.75, 3.05) is 0 Å². The minimum absolute atomic E-state index is 0. The second-order valence-electron chi connectivity index (χ2n) is 4.53. The molecule has 0 bridgehead atoms. The molecule has 0 radical (unpaired) electrons. The summed E-state index contributed by atoms with van der Waals surface area (Å²) < 4.78 is 10.7. The smallest absolute Gasteiger partial charge is 0.872 e. The fourth-order valence-corrected chi connectivity index (χ4v) is 3.15. The number of aryl methyl sites for hydroxylation is 2. The minimum atomic E-state index is -3.57. The van der Waals surface area contributed by atoms with E-state index in [9.17, 15) is 15.1 Å². The van der Waals surface area contributed by atoms with Gasteiger partial charge in [0.2, 0.25) is 0 Å². The van der Waals surface area contributed by atoms with Crippen LogP contribution in [0.5, 0.6) is 23.0 Å². The van der Waals surface area contributed by atoms with Gasteiger partial charge in [-0.25, -0.2) is 0 Å². The number of phenolic OH excluding ortho intramolecular Hbond substituents is 1. The summed E-state index contributed by atoms with van der Waals surface area (Å²) in [6.45, 7) is 3.39. The van der Waals surface area contributed by atoms with Crippen LogP contribution in [-0.4, -0.2) is 10.00 Å². The van der Waals surface area contributed by atoms with E-state index in [1.807, 2.05) is 0 Å². The molecule has 2 rings (SSSR count). The number of phenols is 1. The summed E-state index contributed by atoms with van der Waals surface area (Å²) in [6, 6.07) is 8.57. The van der Waals surface area contributed by atoms with Gasteiger partial charge in [-0.2, -0.15) is 4.89 Å². The van der Waals surface area contributed by atoms with Gasteiger partial charge in [0.25, 0.3) is 0 Å². The fourth-order valence-electron chi connectivity index (χ4n) is 1.73. The van der Waals surface area contributed by atoms with Gasteiger partial charge in [0.1, 0.15) is 5.75 Å². The van der Waals surface area contributed by atoms with Gasteiger partial charge in [-0.1, -0.05) is 12.1 Å². The van der Waals surface area contributed by atoms with Crippen molar-refractivity contribution in [1.82, 2.24) is 0 Å². The van der Waals surface area contributed by atoms with Crippen molar-refractivity contribution in [3.05, 3.63) is 47.5 Å². The van der Waals surface area contributed by atoms with Gasteiger partial charge in [-0.05, 0) is 43.7 Å².